The number of nitrogens with one attached hydrogen (secondary N) is 3. The smallest absolute Gasteiger partial charge is 0.292 e. The van der Waals surface area contributed by atoms with E-state index in [9.17, 15) is 23.3 Å². The molecule has 1 amide bonds. The first kappa shape index (κ1) is 23.7. The molecule has 0 saturated carbocycles. The summed E-state index contributed by atoms with van der Waals surface area (Å²) in [5.41, 5.74) is 2.30. The van der Waals surface area contributed by atoms with E-state index in [0.717, 1.165) is 5.56 Å². The number of sulfonamides is 1. The number of rotatable bonds is 9. The number of benzene rings is 3. The van der Waals surface area contributed by atoms with Crippen LogP contribution in [-0.4, -0.2) is 32.3 Å². The van der Waals surface area contributed by atoms with E-state index in [2.05, 4.69) is 15.4 Å². The van der Waals surface area contributed by atoms with Crippen molar-refractivity contribution < 1.29 is 18.1 Å². The molecule has 0 saturated heterocycles. The molecule has 0 bridgehead atoms. The minimum atomic E-state index is -3.82. The molecule has 0 aliphatic carbocycles. The minimum Gasteiger partial charge on any atom is -0.378 e. The summed E-state index contributed by atoms with van der Waals surface area (Å²) < 4.78 is 28.1. The Morgan fingerprint density at radius 2 is 1.73 bits per heavy atom. The van der Waals surface area contributed by atoms with Crippen LogP contribution in [0.2, 0.25) is 0 Å². The summed E-state index contributed by atoms with van der Waals surface area (Å²) in [7, 11) is -3.82. The van der Waals surface area contributed by atoms with E-state index < -0.39 is 20.9 Å². The van der Waals surface area contributed by atoms with Crippen molar-refractivity contribution in [3.8, 4) is 0 Å². The molecule has 0 heterocycles. The highest BCUT2D eigenvalue weighted by molar-refractivity contribution is 7.92. The van der Waals surface area contributed by atoms with Crippen molar-refractivity contribution in [1.29, 1.82) is 0 Å². The molecule has 0 spiro atoms. The van der Waals surface area contributed by atoms with Crippen LogP contribution in [0.25, 0.3) is 0 Å². The van der Waals surface area contributed by atoms with E-state index in [4.69, 9.17) is 0 Å². The maximum Gasteiger partial charge on any atom is 0.292 e. The van der Waals surface area contributed by atoms with Crippen molar-refractivity contribution in [2.75, 3.05) is 23.1 Å². The first-order valence-corrected chi connectivity index (χ1v) is 11.6. The van der Waals surface area contributed by atoms with Crippen LogP contribution in [0, 0.1) is 24.0 Å². The Morgan fingerprint density at radius 3 is 2.48 bits per heavy atom. The number of anilines is 2. The zero-order chi connectivity index (χ0) is 24.0. The highest BCUT2D eigenvalue weighted by atomic mass is 32.2. The molecule has 10 heteroatoms. The molecule has 3 N–H and O–H groups in total. The van der Waals surface area contributed by atoms with Crippen molar-refractivity contribution in [2.45, 2.75) is 18.7 Å². The van der Waals surface area contributed by atoms with Gasteiger partial charge in [0.15, 0.2) is 0 Å². The Kier molecular flexibility index (Phi) is 7.29. The molecule has 0 atom stereocenters. The summed E-state index contributed by atoms with van der Waals surface area (Å²) in [6.07, 6.45) is 0. The Balaban J connectivity index is 1.62. The summed E-state index contributed by atoms with van der Waals surface area (Å²) in [4.78, 5) is 23.2. The second kappa shape index (κ2) is 10.1. The highest BCUT2D eigenvalue weighted by Gasteiger charge is 2.18. The lowest BCUT2D eigenvalue weighted by atomic mass is 10.2. The lowest BCUT2D eigenvalue weighted by Crippen LogP contribution is -2.29. The SMILES string of the molecule is Cc1ccc(C)c(S(=O)(=O)Nc2cccc(C(=O)NCCNc3ccccc3[N+](=O)[O-])c2)c1. The van der Waals surface area contributed by atoms with Gasteiger partial charge >= 0.3 is 0 Å². The molecule has 0 radical (unpaired) electrons. The number of carbonyl (C=O) groups is 1. The summed E-state index contributed by atoms with van der Waals surface area (Å²) >= 11 is 0. The molecular formula is C23H24N4O5S. The molecule has 0 unspecified atom stereocenters. The second-order valence-corrected chi connectivity index (χ2v) is 9.06. The average Bonchev–Trinajstić information content (AvgIpc) is 2.78. The summed E-state index contributed by atoms with van der Waals surface area (Å²) in [5.74, 6) is -0.396. The topological polar surface area (TPSA) is 130 Å². The van der Waals surface area contributed by atoms with Crippen molar-refractivity contribution >= 4 is 33.0 Å². The van der Waals surface area contributed by atoms with Crippen LogP contribution in [-0.2, 0) is 10.0 Å². The van der Waals surface area contributed by atoms with E-state index in [-0.39, 0.29) is 34.9 Å². The average molecular weight is 469 g/mol. The molecule has 0 aromatic heterocycles. The second-order valence-electron chi connectivity index (χ2n) is 7.41. The third kappa shape index (κ3) is 6.07. The number of para-hydroxylation sites is 2. The fourth-order valence-electron chi connectivity index (χ4n) is 3.19. The molecule has 0 fully saturated rings. The minimum absolute atomic E-state index is 0.0485. The molecule has 3 aromatic rings. The van der Waals surface area contributed by atoms with Gasteiger partial charge in [-0.1, -0.05) is 30.3 Å². The van der Waals surface area contributed by atoms with E-state index in [0.29, 0.717) is 11.3 Å². The van der Waals surface area contributed by atoms with Gasteiger partial charge in [-0.15, -0.1) is 0 Å². The first-order valence-electron chi connectivity index (χ1n) is 10.1. The largest absolute Gasteiger partial charge is 0.378 e. The predicted molar refractivity (Wildman–Crippen MR) is 127 cm³/mol. The van der Waals surface area contributed by atoms with Gasteiger partial charge in [0, 0.05) is 30.4 Å². The van der Waals surface area contributed by atoms with Crippen LogP contribution < -0.4 is 15.4 Å². The van der Waals surface area contributed by atoms with Gasteiger partial charge in [-0.25, -0.2) is 8.42 Å². The van der Waals surface area contributed by atoms with E-state index in [1.807, 2.05) is 13.0 Å². The zero-order valence-corrected chi connectivity index (χ0v) is 19.0. The number of nitrogens with zero attached hydrogens (tertiary/aromatic N) is 1. The van der Waals surface area contributed by atoms with Gasteiger partial charge < -0.3 is 10.6 Å². The maximum atomic E-state index is 12.8. The van der Waals surface area contributed by atoms with Crippen LogP contribution in [0.4, 0.5) is 17.1 Å². The van der Waals surface area contributed by atoms with Gasteiger partial charge in [-0.05, 0) is 55.3 Å². The van der Waals surface area contributed by atoms with Crippen LogP contribution in [0.3, 0.4) is 0 Å². The van der Waals surface area contributed by atoms with E-state index in [1.54, 1.807) is 55.5 Å². The molecular weight excluding hydrogens is 444 g/mol. The number of aryl methyl sites for hydroxylation is 2. The number of hydrogen-bond acceptors (Lipinski definition) is 6. The molecule has 0 aliphatic rings. The molecule has 0 aliphatic heterocycles. The quantitative estimate of drug-likeness (QED) is 0.248. The van der Waals surface area contributed by atoms with Gasteiger partial charge in [0.1, 0.15) is 5.69 Å². The van der Waals surface area contributed by atoms with Gasteiger partial charge in [0.05, 0.1) is 9.82 Å². The van der Waals surface area contributed by atoms with Crippen LogP contribution in [0.5, 0.6) is 0 Å². The number of nitro benzene ring substituents is 1. The summed E-state index contributed by atoms with van der Waals surface area (Å²) in [5, 5.41) is 16.7. The van der Waals surface area contributed by atoms with Crippen molar-refractivity contribution in [3.63, 3.8) is 0 Å². The van der Waals surface area contributed by atoms with Gasteiger partial charge in [0.2, 0.25) is 0 Å². The molecule has 9 nitrogen and oxygen atoms in total. The van der Waals surface area contributed by atoms with Crippen LogP contribution >= 0.6 is 0 Å². The van der Waals surface area contributed by atoms with Crippen LogP contribution in [0.1, 0.15) is 21.5 Å². The van der Waals surface area contributed by atoms with Crippen molar-refractivity contribution in [1.82, 2.24) is 5.32 Å². The normalized spacial score (nSPS) is 11.0. The Morgan fingerprint density at radius 1 is 0.970 bits per heavy atom. The van der Waals surface area contributed by atoms with Crippen molar-refractivity contribution in [3.05, 3.63) is 93.5 Å². The molecule has 33 heavy (non-hydrogen) atoms. The zero-order valence-electron chi connectivity index (χ0n) is 18.2. The van der Waals surface area contributed by atoms with Crippen molar-refractivity contribution in [2.24, 2.45) is 0 Å². The lowest BCUT2D eigenvalue weighted by molar-refractivity contribution is -0.384. The third-order valence-corrected chi connectivity index (χ3v) is 6.36. The predicted octanol–water partition coefficient (Wildman–Crippen LogP) is 3.85. The molecule has 3 rings (SSSR count). The van der Waals surface area contributed by atoms with Crippen LogP contribution in [0.15, 0.2) is 71.6 Å². The van der Waals surface area contributed by atoms with Gasteiger partial charge in [0.25, 0.3) is 21.6 Å². The highest BCUT2D eigenvalue weighted by Crippen LogP contribution is 2.23. The summed E-state index contributed by atoms with van der Waals surface area (Å²) in [6.45, 7) is 4.02. The maximum absolute atomic E-state index is 12.8. The van der Waals surface area contributed by atoms with Gasteiger partial charge in [-0.2, -0.15) is 0 Å². The number of carbonyl (C=O) groups excluding carboxylic acids is 1. The fraction of sp³-hybridized carbons (Fsp3) is 0.174. The lowest BCUT2D eigenvalue weighted by Gasteiger charge is -2.12. The molecule has 3 aromatic carbocycles. The van der Waals surface area contributed by atoms with E-state index in [1.165, 1.54) is 12.1 Å². The Labute approximate surface area is 192 Å². The number of amides is 1. The van der Waals surface area contributed by atoms with Gasteiger partial charge in [-0.3, -0.25) is 19.6 Å². The standard InChI is InChI=1S/C23H24N4O5S/c1-16-10-11-17(2)22(14-16)33(31,32)26-19-7-5-6-18(15-19)23(28)25-13-12-24-20-8-3-4-9-21(20)27(29)30/h3-11,14-15,24,26H,12-13H2,1-2H3,(H,25,28). The Hall–Kier alpha value is -3.92. The first-order chi connectivity index (χ1) is 15.7. The number of hydrogen-bond donors (Lipinski definition) is 3. The molecule has 172 valence electrons. The fourth-order valence-corrected chi connectivity index (χ4v) is 4.57. The summed E-state index contributed by atoms with van der Waals surface area (Å²) in [6, 6.07) is 17.6. The monoisotopic (exact) mass is 468 g/mol. The Bertz CT molecular complexity index is 1290. The third-order valence-electron chi connectivity index (χ3n) is 4.84. The van der Waals surface area contributed by atoms with E-state index >= 15 is 0 Å². The number of nitro groups is 1.